The van der Waals surface area contributed by atoms with Crippen LogP contribution in [0.5, 0.6) is 0 Å². The van der Waals surface area contributed by atoms with E-state index in [2.05, 4.69) is 25.7 Å². The number of nitrogens with two attached hydrogens (primary N) is 1. The van der Waals surface area contributed by atoms with Gasteiger partial charge in [0.1, 0.15) is 5.37 Å². The highest BCUT2D eigenvalue weighted by atomic mass is 32.2. The second-order valence-electron chi connectivity index (χ2n) is 6.39. The first-order valence-electron chi connectivity index (χ1n) is 6.92. The molecular formula is C13H28N2O2S2. The molecule has 19 heavy (non-hydrogen) atoms. The van der Waals surface area contributed by atoms with Gasteiger partial charge in [-0.05, 0) is 12.3 Å². The maximum atomic E-state index is 12.3. The lowest BCUT2D eigenvalue weighted by Crippen LogP contribution is -2.61. The number of nitrogens with zero attached hydrogens (tertiary/aromatic N) is 1. The van der Waals surface area contributed by atoms with Crippen molar-refractivity contribution in [2.75, 3.05) is 23.8 Å². The monoisotopic (exact) mass is 308 g/mol. The molecule has 1 fully saturated rings. The summed E-state index contributed by atoms with van der Waals surface area (Å²) in [6.45, 7) is 10.9. The molecule has 1 saturated heterocycles. The normalized spacial score (nSPS) is 26.1. The molecule has 0 spiro atoms. The molecule has 1 rings (SSSR count). The maximum absolute atomic E-state index is 12.3. The minimum atomic E-state index is -3.06. The van der Waals surface area contributed by atoms with Crippen molar-refractivity contribution in [2.45, 2.75) is 52.1 Å². The third-order valence-corrected chi connectivity index (χ3v) is 6.99. The average Bonchev–Trinajstić information content (AvgIpc) is 2.27. The third-order valence-electron chi connectivity index (χ3n) is 3.68. The van der Waals surface area contributed by atoms with E-state index in [1.165, 1.54) is 0 Å². The predicted molar refractivity (Wildman–Crippen MR) is 84.2 cm³/mol. The quantitative estimate of drug-likeness (QED) is 0.854. The summed E-state index contributed by atoms with van der Waals surface area (Å²) < 4.78 is 24.6. The zero-order valence-electron chi connectivity index (χ0n) is 12.7. The van der Waals surface area contributed by atoms with Crippen LogP contribution in [-0.2, 0) is 9.84 Å². The fraction of sp³-hybridized carbons (Fsp3) is 1.00. The van der Waals surface area contributed by atoms with Gasteiger partial charge >= 0.3 is 0 Å². The van der Waals surface area contributed by atoms with E-state index in [0.717, 1.165) is 12.3 Å². The van der Waals surface area contributed by atoms with Gasteiger partial charge < -0.3 is 5.73 Å². The molecule has 0 amide bonds. The van der Waals surface area contributed by atoms with Crippen LogP contribution in [0.15, 0.2) is 0 Å². The van der Waals surface area contributed by atoms with E-state index < -0.39 is 9.84 Å². The Morgan fingerprint density at radius 1 is 1.42 bits per heavy atom. The number of thioether (sulfide) groups is 1. The maximum Gasteiger partial charge on any atom is 0.166 e. The Morgan fingerprint density at radius 2 is 2.00 bits per heavy atom. The highest BCUT2D eigenvalue weighted by molar-refractivity contribution is 8.01. The minimum absolute atomic E-state index is 0.0301. The van der Waals surface area contributed by atoms with Gasteiger partial charge in [-0.2, -0.15) is 11.8 Å². The van der Waals surface area contributed by atoms with Crippen LogP contribution in [0.25, 0.3) is 0 Å². The van der Waals surface area contributed by atoms with Gasteiger partial charge in [0.25, 0.3) is 0 Å². The fourth-order valence-electron chi connectivity index (χ4n) is 3.00. The summed E-state index contributed by atoms with van der Waals surface area (Å²) in [5, 5.41) is -0.383. The van der Waals surface area contributed by atoms with Gasteiger partial charge in [-0.3, -0.25) is 4.90 Å². The molecule has 1 aliphatic rings. The van der Waals surface area contributed by atoms with E-state index in [0.29, 0.717) is 5.75 Å². The van der Waals surface area contributed by atoms with E-state index in [4.69, 9.17) is 5.73 Å². The summed E-state index contributed by atoms with van der Waals surface area (Å²) in [5.74, 6) is 1.84. The average molecular weight is 309 g/mol. The first-order valence-corrected chi connectivity index (χ1v) is 9.79. The zero-order valence-corrected chi connectivity index (χ0v) is 14.4. The van der Waals surface area contributed by atoms with Crippen LogP contribution in [-0.4, -0.2) is 54.6 Å². The van der Waals surface area contributed by atoms with Crippen molar-refractivity contribution in [1.82, 2.24) is 4.90 Å². The van der Waals surface area contributed by atoms with Gasteiger partial charge in [-0.15, -0.1) is 0 Å². The SMILES string of the molecule is CCS(=O)(=O)C1CSCCN1C(C(C)N)C(C)(C)C. The van der Waals surface area contributed by atoms with E-state index in [1.807, 2.05) is 6.92 Å². The van der Waals surface area contributed by atoms with Gasteiger partial charge in [0, 0.05) is 35.9 Å². The first-order chi connectivity index (χ1) is 8.61. The van der Waals surface area contributed by atoms with Gasteiger partial charge in [-0.1, -0.05) is 27.7 Å². The van der Waals surface area contributed by atoms with Crippen molar-refractivity contribution in [3.05, 3.63) is 0 Å². The Labute approximate surface area is 122 Å². The lowest BCUT2D eigenvalue weighted by atomic mass is 9.81. The molecule has 0 bridgehead atoms. The van der Waals surface area contributed by atoms with E-state index >= 15 is 0 Å². The molecule has 114 valence electrons. The molecule has 0 aliphatic carbocycles. The Balaban J connectivity index is 3.11. The molecule has 4 nitrogen and oxygen atoms in total. The molecular weight excluding hydrogens is 280 g/mol. The molecule has 1 heterocycles. The van der Waals surface area contributed by atoms with Crippen molar-refractivity contribution in [1.29, 1.82) is 0 Å². The molecule has 0 saturated carbocycles. The summed E-state index contributed by atoms with van der Waals surface area (Å²) in [7, 11) is -3.06. The van der Waals surface area contributed by atoms with E-state index in [-0.39, 0.29) is 28.6 Å². The van der Waals surface area contributed by atoms with E-state index in [9.17, 15) is 8.42 Å². The lowest BCUT2D eigenvalue weighted by Gasteiger charge is -2.47. The number of hydrogen-bond donors (Lipinski definition) is 1. The second-order valence-corrected chi connectivity index (χ2v) is 9.99. The van der Waals surface area contributed by atoms with Crippen molar-refractivity contribution in [2.24, 2.45) is 11.1 Å². The molecule has 1 aliphatic heterocycles. The van der Waals surface area contributed by atoms with Gasteiger partial charge in [0.15, 0.2) is 9.84 Å². The van der Waals surface area contributed by atoms with Crippen molar-refractivity contribution in [3.63, 3.8) is 0 Å². The standard InChI is InChI=1S/C13H28N2O2S2/c1-6-19(16,17)11-9-18-8-7-15(11)12(10(2)14)13(3,4)5/h10-12H,6-9,14H2,1-5H3. The molecule has 0 aromatic rings. The van der Waals surface area contributed by atoms with Gasteiger partial charge in [0.05, 0.1) is 0 Å². The van der Waals surface area contributed by atoms with Crippen molar-refractivity contribution in [3.8, 4) is 0 Å². The minimum Gasteiger partial charge on any atom is -0.327 e. The highest BCUT2D eigenvalue weighted by Crippen LogP contribution is 2.32. The van der Waals surface area contributed by atoms with Gasteiger partial charge in [0.2, 0.25) is 0 Å². The van der Waals surface area contributed by atoms with Gasteiger partial charge in [-0.25, -0.2) is 8.42 Å². The Hall–Kier alpha value is 0.220. The summed E-state index contributed by atoms with van der Waals surface area (Å²) in [6.07, 6.45) is 0. The Kier molecular flexibility index (Phi) is 5.75. The molecule has 3 unspecified atom stereocenters. The first kappa shape index (κ1) is 17.3. The second kappa shape index (κ2) is 6.33. The van der Waals surface area contributed by atoms with Crippen LogP contribution in [0.1, 0.15) is 34.6 Å². The summed E-state index contributed by atoms with van der Waals surface area (Å²) >= 11 is 1.73. The fourth-order valence-corrected chi connectivity index (χ4v) is 6.05. The van der Waals surface area contributed by atoms with Crippen LogP contribution >= 0.6 is 11.8 Å². The number of sulfone groups is 1. The molecule has 0 radical (unpaired) electrons. The van der Waals surface area contributed by atoms with Crippen molar-refractivity contribution >= 4 is 21.6 Å². The van der Waals surface area contributed by atoms with Crippen LogP contribution in [0, 0.1) is 5.41 Å². The van der Waals surface area contributed by atoms with Crippen LogP contribution in [0.3, 0.4) is 0 Å². The van der Waals surface area contributed by atoms with Crippen LogP contribution in [0.2, 0.25) is 0 Å². The third kappa shape index (κ3) is 4.09. The van der Waals surface area contributed by atoms with Crippen LogP contribution < -0.4 is 5.73 Å². The largest absolute Gasteiger partial charge is 0.327 e. The molecule has 0 aromatic carbocycles. The van der Waals surface area contributed by atoms with E-state index in [1.54, 1.807) is 18.7 Å². The summed E-state index contributed by atoms with van der Waals surface area (Å²) in [5.41, 5.74) is 6.13. The Morgan fingerprint density at radius 3 is 2.42 bits per heavy atom. The lowest BCUT2D eigenvalue weighted by molar-refractivity contribution is 0.0784. The summed E-state index contributed by atoms with van der Waals surface area (Å²) in [4.78, 5) is 2.14. The van der Waals surface area contributed by atoms with Crippen molar-refractivity contribution < 1.29 is 8.42 Å². The topological polar surface area (TPSA) is 63.4 Å². The number of rotatable bonds is 4. The molecule has 2 N–H and O–H groups in total. The van der Waals surface area contributed by atoms with Crippen LogP contribution in [0.4, 0.5) is 0 Å². The zero-order chi connectivity index (χ0) is 14.8. The summed E-state index contributed by atoms with van der Waals surface area (Å²) in [6, 6.07) is 0.0392. The molecule has 3 atom stereocenters. The highest BCUT2D eigenvalue weighted by Gasteiger charge is 2.42. The number of hydrogen-bond acceptors (Lipinski definition) is 5. The molecule has 6 heteroatoms. The Bertz CT molecular complexity index is 388. The molecule has 0 aromatic heterocycles. The smallest absolute Gasteiger partial charge is 0.166 e. The predicted octanol–water partition coefficient (Wildman–Crippen LogP) is 1.56.